The number of rotatable bonds is 8. The van der Waals surface area contributed by atoms with Gasteiger partial charge in [-0.1, -0.05) is 0 Å². The Morgan fingerprint density at radius 1 is 1.11 bits per heavy atom. The van der Waals surface area contributed by atoms with Crippen molar-refractivity contribution in [1.82, 2.24) is 4.90 Å². The van der Waals surface area contributed by atoms with E-state index in [4.69, 9.17) is 0 Å². The molecule has 1 atom stereocenters. The molecule has 1 fully saturated rings. The molecular weight excluding hydrogens is 376 g/mol. The number of nitrogens with zero attached hydrogens (tertiary/aromatic N) is 1. The average molecular weight is 398 g/mol. The van der Waals surface area contributed by atoms with Gasteiger partial charge in [-0.05, 0) is 55.3 Å². The van der Waals surface area contributed by atoms with Crippen LogP contribution in [0.25, 0.3) is 0 Å². The molecule has 1 aliphatic heterocycles. The van der Waals surface area contributed by atoms with E-state index in [1.165, 1.54) is 36.0 Å². The molecule has 0 aliphatic carbocycles. The minimum atomic E-state index is -0.781. The quantitative estimate of drug-likeness (QED) is 0.496. The van der Waals surface area contributed by atoms with Crippen molar-refractivity contribution in [3.05, 3.63) is 59.4 Å². The first-order valence-corrected chi connectivity index (χ1v) is 9.86. The molecule has 7 heteroatoms. The molecule has 0 spiro atoms. The molecule has 2 aromatic carbocycles. The molecule has 1 heterocycles. The van der Waals surface area contributed by atoms with Gasteiger partial charge in [-0.25, -0.2) is 17.6 Å². The maximum absolute atomic E-state index is 14.2. The van der Waals surface area contributed by atoms with Gasteiger partial charge in [-0.15, -0.1) is 11.8 Å². The fourth-order valence-corrected chi connectivity index (χ4v) is 3.97. The highest BCUT2D eigenvalue weighted by atomic mass is 32.2. The van der Waals surface area contributed by atoms with Crippen LogP contribution in [0, 0.1) is 24.4 Å². The highest BCUT2D eigenvalue weighted by molar-refractivity contribution is 7.99. The Labute approximate surface area is 160 Å². The molecule has 1 N–H and O–H groups in total. The van der Waals surface area contributed by atoms with Gasteiger partial charge in [0.15, 0.2) is 0 Å². The second-order valence-corrected chi connectivity index (χ2v) is 7.95. The van der Waals surface area contributed by atoms with Crippen LogP contribution < -0.4 is 5.32 Å². The first kappa shape index (κ1) is 20.0. The monoisotopic (exact) mass is 398 g/mol. The first-order valence-electron chi connectivity index (χ1n) is 8.87. The Balaban J connectivity index is 1.65. The predicted octanol–water partition coefficient (Wildman–Crippen LogP) is 5.03. The standard InChI is InChI=1S/C20H22F4N2S/c1-13-8-18(23)20(19(24)9-13)25-16(6-7-26-10-15(22)11-26)12-27-17-4-2-14(21)3-5-17/h2-5,8-9,15-16,25H,6-7,10-12H2,1H3/t16-/m1/s1. The summed E-state index contributed by atoms with van der Waals surface area (Å²) in [5, 5.41) is 2.97. The van der Waals surface area contributed by atoms with Crippen LogP contribution in [0.4, 0.5) is 23.2 Å². The molecule has 2 nitrogen and oxygen atoms in total. The van der Waals surface area contributed by atoms with Gasteiger partial charge < -0.3 is 5.32 Å². The van der Waals surface area contributed by atoms with Crippen molar-refractivity contribution in [1.29, 1.82) is 0 Å². The van der Waals surface area contributed by atoms with E-state index in [0.29, 0.717) is 37.4 Å². The van der Waals surface area contributed by atoms with Gasteiger partial charge in [-0.2, -0.15) is 0 Å². The van der Waals surface area contributed by atoms with Gasteiger partial charge >= 0.3 is 0 Å². The van der Waals surface area contributed by atoms with Crippen LogP contribution in [0.3, 0.4) is 0 Å². The fourth-order valence-electron chi connectivity index (χ4n) is 2.99. The summed E-state index contributed by atoms with van der Waals surface area (Å²) >= 11 is 1.48. The largest absolute Gasteiger partial charge is 0.377 e. The topological polar surface area (TPSA) is 15.3 Å². The third-order valence-corrected chi connectivity index (χ3v) is 5.68. The van der Waals surface area contributed by atoms with E-state index in [9.17, 15) is 17.6 Å². The molecule has 0 saturated carbocycles. The zero-order valence-electron chi connectivity index (χ0n) is 15.0. The molecule has 3 rings (SSSR count). The third kappa shape index (κ3) is 5.62. The van der Waals surface area contributed by atoms with Crippen LogP contribution in [-0.2, 0) is 0 Å². The van der Waals surface area contributed by atoms with Gasteiger partial charge in [0.2, 0.25) is 0 Å². The zero-order valence-corrected chi connectivity index (χ0v) is 15.8. The molecule has 0 unspecified atom stereocenters. The van der Waals surface area contributed by atoms with Gasteiger partial charge in [0.05, 0.1) is 0 Å². The second-order valence-electron chi connectivity index (χ2n) is 6.86. The van der Waals surface area contributed by atoms with Gasteiger partial charge in [-0.3, -0.25) is 4.90 Å². The van der Waals surface area contributed by atoms with Crippen molar-refractivity contribution in [2.24, 2.45) is 0 Å². The van der Waals surface area contributed by atoms with Crippen LogP contribution in [0.1, 0.15) is 12.0 Å². The SMILES string of the molecule is Cc1cc(F)c(N[C@H](CCN2CC(F)C2)CSc2ccc(F)cc2)c(F)c1. The maximum Gasteiger partial charge on any atom is 0.149 e. The van der Waals surface area contributed by atoms with Crippen molar-refractivity contribution in [3.63, 3.8) is 0 Å². The number of benzene rings is 2. The van der Waals surface area contributed by atoms with E-state index in [1.807, 2.05) is 4.90 Å². The summed E-state index contributed by atoms with van der Waals surface area (Å²) in [6.45, 7) is 3.10. The zero-order chi connectivity index (χ0) is 19.4. The Hall–Kier alpha value is -1.73. The lowest BCUT2D eigenvalue weighted by molar-refractivity contribution is 0.0642. The predicted molar refractivity (Wildman–Crippen MR) is 102 cm³/mol. The Kier molecular flexibility index (Phi) is 6.65. The Morgan fingerprint density at radius 3 is 2.33 bits per heavy atom. The lowest BCUT2D eigenvalue weighted by atomic mass is 10.1. The van der Waals surface area contributed by atoms with E-state index in [0.717, 1.165) is 4.90 Å². The molecule has 1 saturated heterocycles. The lowest BCUT2D eigenvalue weighted by Crippen LogP contribution is -2.49. The normalized spacial score (nSPS) is 16.2. The lowest BCUT2D eigenvalue weighted by Gasteiger charge is -2.35. The minimum Gasteiger partial charge on any atom is -0.377 e. The molecule has 0 amide bonds. The van der Waals surface area contributed by atoms with E-state index in [1.54, 1.807) is 19.1 Å². The van der Waals surface area contributed by atoms with Crippen molar-refractivity contribution >= 4 is 17.4 Å². The van der Waals surface area contributed by atoms with Crippen LogP contribution in [0.15, 0.2) is 41.3 Å². The molecule has 0 radical (unpaired) electrons. The summed E-state index contributed by atoms with van der Waals surface area (Å²) in [5.74, 6) is -1.02. The second kappa shape index (κ2) is 8.97. The highest BCUT2D eigenvalue weighted by Gasteiger charge is 2.26. The number of likely N-dealkylation sites (tertiary alicyclic amines) is 1. The van der Waals surface area contributed by atoms with Gasteiger partial charge in [0.1, 0.15) is 29.3 Å². The first-order chi connectivity index (χ1) is 12.9. The van der Waals surface area contributed by atoms with Crippen LogP contribution in [0.2, 0.25) is 0 Å². The Bertz CT molecular complexity index is 740. The summed E-state index contributed by atoms with van der Waals surface area (Å²) in [6.07, 6.45) is -0.162. The van der Waals surface area contributed by atoms with Gasteiger partial charge in [0.25, 0.3) is 0 Å². The third-order valence-electron chi connectivity index (χ3n) is 4.51. The van der Waals surface area contributed by atoms with Crippen molar-refractivity contribution in [2.45, 2.75) is 30.5 Å². The smallest absolute Gasteiger partial charge is 0.149 e. The number of aryl methyl sites for hydroxylation is 1. The fraction of sp³-hybridized carbons (Fsp3) is 0.400. The summed E-state index contributed by atoms with van der Waals surface area (Å²) in [5.41, 5.74) is 0.375. The van der Waals surface area contributed by atoms with Crippen molar-refractivity contribution < 1.29 is 17.6 Å². The molecule has 0 aromatic heterocycles. The minimum absolute atomic E-state index is 0.141. The Morgan fingerprint density at radius 2 is 1.74 bits per heavy atom. The highest BCUT2D eigenvalue weighted by Crippen LogP contribution is 2.26. The number of halogens is 4. The van der Waals surface area contributed by atoms with E-state index < -0.39 is 17.8 Å². The number of hydrogen-bond acceptors (Lipinski definition) is 3. The number of thioether (sulfide) groups is 1. The maximum atomic E-state index is 14.2. The average Bonchev–Trinajstić information content (AvgIpc) is 2.59. The van der Waals surface area contributed by atoms with E-state index in [2.05, 4.69) is 5.32 Å². The summed E-state index contributed by atoms with van der Waals surface area (Å²) in [4.78, 5) is 2.85. The van der Waals surface area contributed by atoms with Gasteiger partial charge in [0, 0.05) is 36.3 Å². The molecule has 27 heavy (non-hydrogen) atoms. The molecule has 2 aromatic rings. The number of alkyl halides is 1. The van der Waals surface area contributed by atoms with Crippen LogP contribution >= 0.6 is 11.8 Å². The summed E-state index contributed by atoms with van der Waals surface area (Å²) in [6, 6.07) is 8.47. The van der Waals surface area contributed by atoms with Crippen LogP contribution in [-0.4, -0.2) is 42.5 Å². The van der Waals surface area contributed by atoms with Crippen LogP contribution in [0.5, 0.6) is 0 Å². The number of nitrogens with one attached hydrogen (secondary N) is 1. The van der Waals surface area contributed by atoms with Crippen molar-refractivity contribution in [3.8, 4) is 0 Å². The van der Waals surface area contributed by atoms with Crippen molar-refractivity contribution in [2.75, 3.05) is 30.7 Å². The summed E-state index contributed by atoms with van der Waals surface area (Å²) < 4.78 is 54.4. The van der Waals surface area contributed by atoms with E-state index in [-0.39, 0.29) is 17.5 Å². The molecular formula is C20H22F4N2S. The number of anilines is 1. The number of hydrogen-bond donors (Lipinski definition) is 1. The summed E-state index contributed by atoms with van der Waals surface area (Å²) in [7, 11) is 0. The molecule has 1 aliphatic rings. The van der Waals surface area contributed by atoms with E-state index >= 15 is 0 Å². The molecule has 146 valence electrons. The molecule has 0 bridgehead atoms.